The van der Waals surface area contributed by atoms with Crippen LogP contribution in [-0.4, -0.2) is 23.1 Å². The predicted octanol–water partition coefficient (Wildman–Crippen LogP) is 2.47. The standard InChI is InChI=1S/C12H15N3S/c1-8-2-3-10-12(14-8)16-11(15-10)9-4-6-13-7-5-9/h2-3,9,13H,4-7H2,1H3. The zero-order valence-electron chi connectivity index (χ0n) is 9.36. The van der Waals surface area contributed by atoms with Gasteiger partial charge in [-0.2, -0.15) is 0 Å². The van der Waals surface area contributed by atoms with Gasteiger partial charge >= 0.3 is 0 Å². The molecule has 0 aliphatic carbocycles. The number of aryl methyl sites for hydroxylation is 1. The van der Waals surface area contributed by atoms with Gasteiger partial charge in [0.25, 0.3) is 0 Å². The summed E-state index contributed by atoms with van der Waals surface area (Å²) in [5.41, 5.74) is 2.14. The third-order valence-electron chi connectivity index (χ3n) is 3.10. The summed E-state index contributed by atoms with van der Waals surface area (Å²) in [6, 6.07) is 4.12. The Morgan fingerprint density at radius 2 is 2.06 bits per heavy atom. The van der Waals surface area contributed by atoms with E-state index in [1.165, 1.54) is 17.8 Å². The largest absolute Gasteiger partial charge is 0.317 e. The first-order valence-electron chi connectivity index (χ1n) is 5.78. The highest BCUT2D eigenvalue weighted by atomic mass is 32.1. The minimum Gasteiger partial charge on any atom is -0.317 e. The molecule has 0 spiro atoms. The summed E-state index contributed by atoms with van der Waals surface area (Å²) in [6.07, 6.45) is 2.41. The number of hydrogen-bond acceptors (Lipinski definition) is 4. The quantitative estimate of drug-likeness (QED) is 0.822. The topological polar surface area (TPSA) is 37.8 Å². The first-order chi connectivity index (χ1) is 7.83. The van der Waals surface area contributed by atoms with E-state index in [2.05, 4.69) is 16.4 Å². The van der Waals surface area contributed by atoms with E-state index in [0.717, 1.165) is 29.1 Å². The number of thiazole rings is 1. The van der Waals surface area contributed by atoms with Crippen LogP contribution >= 0.6 is 11.3 Å². The SMILES string of the molecule is Cc1ccc2nc(C3CCNCC3)sc2n1. The molecule has 3 rings (SSSR count). The number of fused-ring (bicyclic) bond motifs is 1. The minimum atomic E-state index is 0.640. The van der Waals surface area contributed by atoms with Crippen LogP contribution in [0.4, 0.5) is 0 Å². The van der Waals surface area contributed by atoms with Crippen molar-refractivity contribution in [2.45, 2.75) is 25.7 Å². The van der Waals surface area contributed by atoms with Crippen molar-refractivity contribution in [2.24, 2.45) is 0 Å². The number of nitrogens with zero attached hydrogens (tertiary/aromatic N) is 2. The van der Waals surface area contributed by atoms with E-state index in [-0.39, 0.29) is 0 Å². The number of nitrogens with one attached hydrogen (secondary N) is 1. The number of rotatable bonds is 1. The molecular formula is C12H15N3S. The number of hydrogen-bond donors (Lipinski definition) is 1. The zero-order chi connectivity index (χ0) is 11.0. The van der Waals surface area contributed by atoms with Gasteiger partial charge in [0, 0.05) is 11.6 Å². The van der Waals surface area contributed by atoms with Gasteiger partial charge in [0.1, 0.15) is 10.3 Å². The average Bonchev–Trinajstić information content (AvgIpc) is 2.73. The Kier molecular flexibility index (Phi) is 2.61. The molecule has 0 atom stereocenters. The second kappa shape index (κ2) is 4.11. The molecule has 0 bridgehead atoms. The molecule has 1 N–H and O–H groups in total. The van der Waals surface area contributed by atoms with Crippen LogP contribution in [0.1, 0.15) is 29.5 Å². The fourth-order valence-electron chi connectivity index (χ4n) is 2.17. The number of piperidine rings is 1. The highest BCUT2D eigenvalue weighted by Gasteiger charge is 2.19. The first kappa shape index (κ1) is 10.2. The van der Waals surface area contributed by atoms with Crippen LogP contribution in [0.3, 0.4) is 0 Å². The smallest absolute Gasteiger partial charge is 0.143 e. The molecular weight excluding hydrogens is 218 g/mol. The molecule has 2 aromatic rings. The Morgan fingerprint density at radius 1 is 1.25 bits per heavy atom. The summed E-state index contributed by atoms with van der Waals surface area (Å²) in [6.45, 7) is 4.27. The van der Waals surface area contributed by atoms with Crippen molar-refractivity contribution in [3.05, 3.63) is 22.8 Å². The zero-order valence-corrected chi connectivity index (χ0v) is 10.2. The second-order valence-electron chi connectivity index (χ2n) is 4.35. The molecule has 1 saturated heterocycles. The Bertz CT molecular complexity index is 500. The normalized spacial score (nSPS) is 18.1. The van der Waals surface area contributed by atoms with E-state index in [0.29, 0.717) is 5.92 Å². The van der Waals surface area contributed by atoms with Gasteiger partial charge in [-0.05, 0) is 45.0 Å². The van der Waals surface area contributed by atoms with E-state index in [4.69, 9.17) is 4.98 Å². The van der Waals surface area contributed by atoms with Crippen molar-refractivity contribution in [2.75, 3.05) is 13.1 Å². The molecule has 4 heteroatoms. The fourth-order valence-corrected chi connectivity index (χ4v) is 3.32. The maximum atomic E-state index is 4.71. The minimum absolute atomic E-state index is 0.640. The molecule has 0 aromatic carbocycles. The van der Waals surface area contributed by atoms with Gasteiger partial charge in [-0.15, -0.1) is 0 Å². The first-order valence-corrected chi connectivity index (χ1v) is 6.59. The van der Waals surface area contributed by atoms with Gasteiger partial charge in [0.2, 0.25) is 0 Å². The molecule has 0 radical (unpaired) electrons. The highest BCUT2D eigenvalue weighted by Crippen LogP contribution is 2.31. The lowest BCUT2D eigenvalue weighted by Gasteiger charge is -2.20. The van der Waals surface area contributed by atoms with E-state index in [9.17, 15) is 0 Å². The molecule has 0 amide bonds. The van der Waals surface area contributed by atoms with Gasteiger partial charge in [0.05, 0.1) is 5.01 Å². The van der Waals surface area contributed by atoms with Crippen molar-refractivity contribution in [3.63, 3.8) is 0 Å². The Balaban J connectivity index is 1.97. The van der Waals surface area contributed by atoms with Crippen LogP contribution in [-0.2, 0) is 0 Å². The summed E-state index contributed by atoms with van der Waals surface area (Å²) >= 11 is 1.77. The molecule has 1 aliphatic heterocycles. The monoisotopic (exact) mass is 233 g/mol. The summed E-state index contributed by atoms with van der Waals surface area (Å²) in [4.78, 5) is 10.3. The average molecular weight is 233 g/mol. The van der Waals surface area contributed by atoms with Crippen LogP contribution < -0.4 is 5.32 Å². The van der Waals surface area contributed by atoms with Crippen molar-refractivity contribution in [1.29, 1.82) is 0 Å². The van der Waals surface area contributed by atoms with Crippen LogP contribution in [0.5, 0.6) is 0 Å². The van der Waals surface area contributed by atoms with Crippen molar-refractivity contribution in [1.82, 2.24) is 15.3 Å². The summed E-state index contributed by atoms with van der Waals surface area (Å²) in [5, 5.41) is 4.66. The van der Waals surface area contributed by atoms with Crippen molar-refractivity contribution < 1.29 is 0 Å². The van der Waals surface area contributed by atoms with E-state index in [1.54, 1.807) is 11.3 Å². The number of pyridine rings is 1. The summed E-state index contributed by atoms with van der Waals surface area (Å²) < 4.78 is 0. The van der Waals surface area contributed by atoms with E-state index in [1.807, 2.05) is 13.0 Å². The maximum Gasteiger partial charge on any atom is 0.143 e. The number of aromatic nitrogens is 2. The summed E-state index contributed by atoms with van der Waals surface area (Å²) in [7, 11) is 0. The second-order valence-corrected chi connectivity index (χ2v) is 5.36. The molecule has 1 fully saturated rings. The van der Waals surface area contributed by atoms with Gasteiger partial charge in [-0.3, -0.25) is 0 Å². The molecule has 3 heterocycles. The maximum absolute atomic E-state index is 4.71. The Labute approximate surface area is 98.9 Å². The van der Waals surface area contributed by atoms with Crippen LogP contribution in [0.2, 0.25) is 0 Å². The van der Waals surface area contributed by atoms with Crippen LogP contribution in [0, 0.1) is 6.92 Å². The summed E-state index contributed by atoms with van der Waals surface area (Å²) in [5.74, 6) is 0.640. The van der Waals surface area contributed by atoms with Crippen LogP contribution in [0.25, 0.3) is 10.3 Å². The lowest BCUT2D eigenvalue weighted by molar-refractivity contribution is 0.459. The van der Waals surface area contributed by atoms with Gasteiger partial charge in [-0.25, -0.2) is 9.97 Å². The Hall–Kier alpha value is -1.00. The fraction of sp³-hybridized carbons (Fsp3) is 0.500. The van der Waals surface area contributed by atoms with Gasteiger partial charge in [-0.1, -0.05) is 11.3 Å². The van der Waals surface area contributed by atoms with Crippen LogP contribution in [0.15, 0.2) is 12.1 Å². The highest BCUT2D eigenvalue weighted by molar-refractivity contribution is 7.18. The van der Waals surface area contributed by atoms with E-state index >= 15 is 0 Å². The Morgan fingerprint density at radius 3 is 2.88 bits per heavy atom. The lowest BCUT2D eigenvalue weighted by Crippen LogP contribution is -2.26. The third-order valence-corrected chi connectivity index (χ3v) is 4.23. The molecule has 84 valence electrons. The van der Waals surface area contributed by atoms with Gasteiger partial charge in [0.15, 0.2) is 0 Å². The third kappa shape index (κ3) is 1.83. The van der Waals surface area contributed by atoms with Crippen molar-refractivity contribution in [3.8, 4) is 0 Å². The van der Waals surface area contributed by atoms with Crippen molar-refractivity contribution >= 4 is 21.7 Å². The van der Waals surface area contributed by atoms with E-state index < -0.39 is 0 Å². The molecule has 2 aromatic heterocycles. The molecule has 16 heavy (non-hydrogen) atoms. The molecule has 0 unspecified atom stereocenters. The van der Waals surface area contributed by atoms with Gasteiger partial charge < -0.3 is 5.32 Å². The molecule has 3 nitrogen and oxygen atoms in total. The predicted molar refractivity (Wildman–Crippen MR) is 67.0 cm³/mol. The lowest BCUT2D eigenvalue weighted by atomic mass is 9.99. The molecule has 0 saturated carbocycles. The molecule has 1 aliphatic rings.